The van der Waals surface area contributed by atoms with Crippen LogP contribution in [0.15, 0.2) is 12.4 Å². The van der Waals surface area contributed by atoms with Gasteiger partial charge in [-0.1, -0.05) is 0 Å². The Morgan fingerprint density at radius 3 is 2.80 bits per heavy atom. The van der Waals surface area contributed by atoms with Crippen LogP contribution in [0.1, 0.15) is 11.6 Å². The fraction of sp³-hybridized carbons (Fsp3) is 0.375. The monoisotopic (exact) mass is 212 g/mol. The van der Waals surface area contributed by atoms with E-state index in [4.69, 9.17) is 10.8 Å². The van der Waals surface area contributed by atoms with Crippen molar-refractivity contribution < 1.29 is 14.7 Å². The summed E-state index contributed by atoms with van der Waals surface area (Å²) in [7, 11) is 1.66. The van der Waals surface area contributed by atoms with Crippen LogP contribution in [-0.2, 0) is 16.6 Å². The minimum Gasteiger partial charge on any atom is -0.479 e. The van der Waals surface area contributed by atoms with Gasteiger partial charge in [0, 0.05) is 18.8 Å². The molecule has 0 bridgehead atoms. The molecule has 1 heterocycles. The number of carbonyl (C=O) groups excluding carboxylic acids is 1. The zero-order chi connectivity index (χ0) is 11.4. The van der Waals surface area contributed by atoms with E-state index in [9.17, 15) is 9.59 Å². The van der Waals surface area contributed by atoms with E-state index in [0.717, 1.165) is 0 Å². The van der Waals surface area contributed by atoms with Gasteiger partial charge in [0.05, 0.1) is 12.7 Å². The molecule has 0 aliphatic rings. The van der Waals surface area contributed by atoms with E-state index in [1.807, 2.05) is 0 Å². The summed E-state index contributed by atoms with van der Waals surface area (Å²) in [5, 5.41) is 15.0. The highest BCUT2D eigenvalue weighted by molar-refractivity contribution is 5.85. The Kier molecular flexibility index (Phi) is 3.40. The number of aromatic nitrogens is 2. The Bertz CT molecular complexity index is 374. The van der Waals surface area contributed by atoms with Gasteiger partial charge >= 0.3 is 5.97 Å². The first-order valence-electron chi connectivity index (χ1n) is 4.25. The summed E-state index contributed by atoms with van der Waals surface area (Å²) >= 11 is 0. The molecule has 0 saturated heterocycles. The number of aliphatic carboxylic acids is 1. The Hall–Kier alpha value is -1.89. The van der Waals surface area contributed by atoms with E-state index in [1.54, 1.807) is 7.05 Å². The number of carboxylic acid groups (broad SMARTS) is 1. The Morgan fingerprint density at radius 2 is 2.40 bits per heavy atom. The number of hydrogen-bond donors (Lipinski definition) is 3. The fourth-order valence-electron chi connectivity index (χ4n) is 1.10. The minimum absolute atomic E-state index is 0.246. The first kappa shape index (κ1) is 11.2. The standard InChI is InChI=1S/C8H12N4O3/c1-12-4-5(3-10-12)7(8(14)15)11-6(13)2-9/h3-4,7H,2,9H2,1H3,(H,11,13)(H,14,15). The molecule has 1 aromatic rings. The van der Waals surface area contributed by atoms with Gasteiger partial charge in [0.25, 0.3) is 0 Å². The molecule has 0 fully saturated rings. The molecular formula is C8H12N4O3. The molecule has 0 radical (unpaired) electrons. The van der Waals surface area contributed by atoms with Crippen molar-refractivity contribution in [2.24, 2.45) is 12.8 Å². The Labute approximate surface area is 85.9 Å². The van der Waals surface area contributed by atoms with E-state index < -0.39 is 17.9 Å². The van der Waals surface area contributed by atoms with Crippen LogP contribution < -0.4 is 11.1 Å². The van der Waals surface area contributed by atoms with E-state index in [0.29, 0.717) is 5.56 Å². The predicted octanol–water partition coefficient (Wildman–Crippen LogP) is -1.38. The van der Waals surface area contributed by atoms with Crippen LogP contribution in [0.2, 0.25) is 0 Å². The number of nitrogens with zero attached hydrogens (tertiary/aromatic N) is 2. The van der Waals surface area contributed by atoms with E-state index in [-0.39, 0.29) is 6.54 Å². The lowest BCUT2D eigenvalue weighted by atomic mass is 10.1. The number of nitrogens with two attached hydrogens (primary N) is 1. The van der Waals surface area contributed by atoms with Gasteiger partial charge in [-0.3, -0.25) is 9.48 Å². The first-order valence-corrected chi connectivity index (χ1v) is 4.25. The third kappa shape index (κ3) is 2.78. The lowest BCUT2D eigenvalue weighted by molar-refractivity contribution is -0.141. The molecule has 0 aliphatic heterocycles. The lowest BCUT2D eigenvalue weighted by Gasteiger charge is -2.11. The molecule has 0 saturated carbocycles. The van der Waals surface area contributed by atoms with Crippen molar-refractivity contribution in [1.82, 2.24) is 15.1 Å². The average Bonchev–Trinajstić information content (AvgIpc) is 2.60. The Morgan fingerprint density at radius 1 is 1.73 bits per heavy atom. The van der Waals surface area contributed by atoms with Crippen molar-refractivity contribution in [1.29, 1.82) is 0 Å². The summed E-state index contributed by atoms with van der Waals surface area (Å²) in [6.07, 6.45) is 2.91. The third-order valence-electron chi connectivity index (χ3n) is 1.80. The molecule has 82 valence electrons. The summed E-state index contributed by atoms with van der Waals surface area (Å²) in [6, 6.07) is -1.10. The van der Waals surface area contributed by atoms with Crippen molar-refractivity contribution in [3.63, 3.8) is 0 Å². The van der Waals surface area contributed by atoms with Gasteiger partial charge in [-0.05, 0) is 0 Å². The number of carbonyl (C=O) groups is 2. The van der Waals surface area contributed by atoms with Gasteiger partial charge < -0.3 is 16.2 Å². The molecule has 1 atom stereocenters. The maximum atomic E-state index is 11.0. The highest BCUT2D eigenvalue weighted by Gasteiger charge is 2.22. The van der Waals surface area contributed by atoms with Crippen LogP contribution >= 0.6 is 0 Å². The van der Waals surface area contributed by atoms with Gasteiger partial charge in [0.1, 0.15) is 0 Å². The Balaban J connectivity index is 2.83. The van der Waals surface area contributed by atoms with Crippen LogP contribution in [0, 0.1) is 0 Å². The lowest BCUT2D eigenvalue weighted by Crippen LogP contribution is -2.37. The van der Waals surface area contributed by atoms with Crippen molar-refractivity contribution in [3.8, 4) is 0 Å². The second-order valence-electron chi connectivity index (χ2n) is 2.99. The van der Waals surface area contributed by atoms with Crippen molar-refractivity contribution in [3.05, 3.63) is 18.0 Å². The maximum absolute atomic E-state index is 11.0. The number of aryl methyl sites for hydroxylation is 1. The van der Waals surface area contributed by atoms with Crippen LogP contribution in [0.5, 0.6) is 0 Å². The highest BCUT2D eigenvalue weighted by Crippen LogP contribution is 2.11. The first-order chi connectivity index (χ1) is 7.04. The number of rotatable bonds is 4. The molecular weight excluding hydrogens is 200 g/mol. The maximum Gasteiger partial charge on any atom is 0.331 e. The number of amides is 1. The molecule has 4 N–H and O–H groups in total. The summed E-state index contributed by atoms with van der Waals surface area (Å²) in [5.74, 6) is -1.67. The zero-order valence-electron chi connectivity index (χ0n) is 8.17. The highest BCUT2D eigenvalue weighted by atomic mass is 16.4. The van der Waals surface area contributed by atoms with Gasteiger partial charge in [0.15, 0.2) is 6.04 Å². The normalized spacial score (nSPS) is 12.1. The quantitative estimate of drug-likeness (QED) is 0.569. The van der Waals surface area contributed by atoms with Crippen LogP contribution in [0.4, 0.5) is 0 Å². The summed E-state index contributed by atoms with van der Waals surface area (Å²) < 4.78 is 1.46. The van der Waals surface area contributed by atoms with Gasteiger partial charge in [-0.2, -0.15) is 5.10 Å². The van der Waals surface area contributed by atoms with Gasteiger partial charge in [-0.25, -0.2) is 4.79 Å². The molecule has 7 heteroatoms. The molecule has 1 amide bonds. The number of nitrogens with one attached hydrogen (secondary N) is 1. The van der Waals surface area contributed by atoms with E-state index in [2.05, 4.69) is 10.4 Å². The molecule has 0 spiro atoms. The van der Waals surface area contributed by atoms with Crippen LogP contribution in [0.3, 0.4) is 0 Å². The van der Waals surface area contributed by atoms with E-state index in [1.165, 1.54) is 17.1 Å². The molecule has 15 heavy (non-hydrogen) atoms. The van der Waals surface area contributed by atoms with Crippen molar-refractivity contribution >= 4 is 11.9 Å². The summed E-state index contributed by atoms with van der Waals surface area (Å²) in [6.45, 7) is -0.246. The smallest absolute Gasteiger partial charge is 0.331 e. The number of carboxylic acids is 1. The predicted molar refractivity (Wildman–Crippen MR) is 50.8 cm³/mol. The largest absolute Gasteiger partial charge is 0.479 e. The second kappa shape index (κ2) is 4.56. The van der Waals surface area contributed by atoms with Crippen LogP contribution in [0.25, 0.3) is 0 Å². The third-order valence-corrected chi connectivity index (χ3v) is 1.80. The fourth-order valence-corrected chi connectivity index (χ4v) is 1.10. The summed E-state index contributed by atoms with van der Waals surface area (Å²) in [5.41, 5.74) is 5.49. The van der Waals surface area contributed by atoms with E-state index >= 15 is 0 Å². The zero-order valence-corrected chi connectivity index (χ0v) is 8.17. The molecule has 7 nitrogen and oxygen atoms in total. The van der Waals surface area contributed by atoms with Crippen LogP contribution in [-0.4, -0.2) is 33.3 Å². The molecule has 0 aliphatic carbocycles. The van der Waals surface area contributed by atoms with Gasteiger partial charge in [-0.15, -0.1) is 0 Å². The minimum atomic E-state index is -1.15. The van der Waals surface area contributed by atoms with Gasteiger partial charge in [0.2, 0.25) is 5.91 Å². The average molecular weight is 212 g/mol. The molecule has 0 aromatic carbocycles. The molecule has 1 unspecified atom stereocenters. The molecule has 1 aromatic heterocycles. The van der Waals surface area contributed by atoms with Crippen molar-refractivity contribution in [2.45, 2.75) is 6.04 Å². The summed E-state index contributed by atoms with van der Waals surface area (Å²) in [4.78, 5) is 21.8. The SMILES string of the molecule is Cn1cc(C(NC(=O)CN)C(=O)O)cn1. The number of hydrogen-bond acceptors (Lipinski definition) is 4. The second-order valence-corrected chi connectivity index (χ2v) is 2.99. The van der Waals surface area contributed by atoms with Crippen molar-refractivity contribution in [2.75, 3.05) is 6.54 Å². The topological polar surface area (TPSA) is 110 Å². The molecule has 1 rings (SSSR count).